The molecular formula is C18H27N5O4. The lowest BCUT2D eigenvalue weighted by molar-refractivity contribution is -0.119. The number of aryl methyl sites for hydroxylation is 1. The second-order valence-corrected chi connectivity index (χ2v) is 7.51. The normalized spacial score (nSPS) is 22.3. The molecule has 0 aromatic carbocycles. The third kappa shape index (κ3) is 3.37. The van der Waals surface area contributed by atoms with E-state index in [2.05, 4.69) is 9.88 Å². The minimum atomic E-state index is -0.550. The Morgan fingerprint density at radius 1 is 1.19 bits per heavy atom. The second kappa shape index (κ2) is 7.05. The second-order valence-electron chi connectivity index (χ2n) is 7.51. The Labute approximate surface area is 157 Å². The molecule has 3 heterocycles. The van der Waals surface area contributed by atoms with Crippen LogP contribution in [0.25, 0.3) is 11.2 Å². The molecule has 148 valence electrons. The van der Waals surface area contributed by atoms with E-state index in [0.717, 1.165) is 17.7 Å². The molecule has 0 saturated carbocycles. The van der Waals surface area contributed by atoms with E-state index in [0.29, 0.717) is 18.0 Å². The van der Waals surface area contributed by atoms with Crippen LogP contribution in [0, 0.1) is 0 Å². The van der Waals surface area contributed by atoms with Crippen molar-refractivity contribution in [2.45, 2.75) is 52.5 Å². The minimum absolute atomic E-state index is 0.0739. The number of nitrogens with zero attached hydrogens (tertiary/aromatic N) is 5. The van der Waals surface area contributed by atoms with Gasteiger partial charge in [-0.15, -0.1) is 0 Å². The molecule has 1 fully saturated rings. The van der Waals surface area contributed by atoms with Crippen molar-refractivity contribution in [3.05, 3.63) is 26.7 Å². The summed E-state index contributed by atoms with van der Waals surface area (Å²) in [6.45, 7) is 9.22. The van der Waals surface area contributed by atoms with Crippen LogP contribution in [0.2, 0.25) is 0 Å². The number of hydrogen-bond acceptors (Lipinski definition) is 6. The summed E-state index contributed by atoms with van der Waals surface area (Å²) in [5, 5.41) is 0. The largest absolute Gasteiger partial charge is 0.373 e. The molecule has 1 saturated heterocycles. The summed E-state index contributed by atoms with van der Waals surface area (Å²) in [4.78, 5) is 44.0. The third-order valence-electron chi connectivity index (χ3n) is 5.20. The van der Waals surface area contributed by atoms with Crippen molar-refractivity contribution in [3.8, 4) is 0 Å². The maximum absolute atomic E-state index is 12.8. The number of hydrogen-bond donors (Lipinski definition) is 0. The van der Waals surface area contributed by atoms with Crippen molar-refractivity contribution in [3.63, 3.8) is 0 Å². The van der Waals surface area contributed by atoms with Gasteiger partial charge in [-0.1, -0.05) is 0 Å². The van der Waals surface area contributed by atoms with Gasteiger partial charge in [0.2, 0.25) is 0 Å². The Bertz CT molecular complexity index is 992. The van der Waals surface area contributed by atoms with E-state index >= 15 is 0 Å². The van der Waals surface area contributed by atoms with Crippen LogP contribution in [0.3, 0.4) is 0 Å². The number of imidazole rings is 1. The van der Waals surface area contributed by atoms with Crippen molar-refractivity contribution < 1.29 is 9.53 Å². The monoisotopic (exact) mass is 377 g/mol. The molecule has 0 spiro atoms. The molecule has 1 aliphatic heterocycles. The van der Waals surface area contributed by atoms with Gasteiger partial charge in [0.25, 0.3) is 5.56 Å². The van der Waals surface area contributed by atoms with E-state index in [1.54, 1.807) is 18.5 Å². The number of rotatable bonds is 4. The molecule has 3 rings (SSSR count). The highest BCUT2D eigenvalue weighted by Crippen LogP contribution is 2.21. The van der Waals surface area contributed by atoms with Crippen LogP contribution in [0.15, 0.2) is 9.59 Å². The number of ketones is 1. The summed E-state index contributed by atoms with van der Waals surface area (Å²) in [6.07, 6.45) is 0.183. The first kappa shape index (κ1) is 19.5. The Morgan fingerprint density at radius 3 is 2.33 bits per heavy atom. The van der Waals surface area contributed by atoms with Gasteiger partial charge in [-0.3, -0.25) is 23.6 Å². The zero-order valence-electron chi connectivity index (χ0n) is 16.7. The van der Waals surface area contributed by atoms with E-state index in [-0.39, 0.29) is 23.5 Å². The molecule has 0 N–H and O–H groups in total. The molecule has 0 bridgehead atoms. The van der Waals surface area contributed by atoms with Gasteiger partial charge < -0.3 is 9.30 Å². The molecule has 9 heteroatoms. The van der Waals surface area contributed by atoms with Gasteiger partial charge in [-0.2, -0.15) is 0 Å². The quantitative estimate of drug-likeness (QED) is 0.756. The van der Waals surface area contributed by atoms with Crippen LogP contribution in [-0.4, -0.2) is 54.7 Å². The van der Waals surface area contributed by atoms with Crippen molar-refractivity contribution in [1.82, 2.24) is 23.6 Å². The summed E-state index contributed by atoms with van der Waals surface area (Å²) >= 11 is 0. The molecule has 0 unspecified atom stereocenters. The van der Waals surface area contributed by atoms with E-state index in [9.17, 15) is 14.4 Å². The van der Waals surface area contributed by atoms with Crippen LogP contribution in [0.5, 0.6) is 0 Å². The first-order valence-corrected chi connectivity index (χ1v) is 9.16. The Morgan fingerprint density at radius 2 is 1.78 bits per heavy atom. The first-order chi connectivity index (χ1) is 12.6. The van der Waals surface area contributed by atoms with Crippen LogP contribution in [-0.2, 0) is 30.2 Å². The number of carbonyl (C=O) groups excluding carboxylic acids is 1. The number of carbonyl (C=O) groups is 1. The van der Waals surface area contributed by atoms with Crippen LogP contribution in [0.1, 0.15) is 39.6 Å². The summed E-state index contributed by atoms with van der Waals surface area (Å²) in [5.74, 6) is 0.530. The first-order valence-electron chi connectivity index (χ1n) is 9.16. The van der Waals surface area contributed by atoms with Gasteiger partial charge in [0, 0.05) is 27.2 Å². The summed E-state index contributed by atoms with van der Waals surface area (Å²) in [7, 11) is 3.02. The van der Waals surface area contributed by atoms with Crippen molar-refractivity contribution in [1.29, 1.82) is 0 Å². The molecule has 0 radical (unpaired) electrons. The number of ether oxygens (including phenoxy) is 1. The molecule has 1 aliphatic rings. The van der Waals surface area contributed by atoms with Gasteiger partial charge in [-0.05, 0) is 27.7 Å². The third-order valence-corrected chi connectivity index (χ3v) is 5.20. The fourth-order valence-corrected chi connectivity index (χ4v) is 3.78. The van der Waals surface area contributed by atoms with Crippen molar-refractivity contribution >= 4 is 16.9 Å². The highest BCUT2D eigenvalue weighted by Gasteiger charge is 2.28. The smallest absolute Gasteiger partial charge is 0.332 e. The summed E-state index contributed by atoms with van der Waals surface area (Å²) in [6, 6.07) is -0.550. The van der Waals surface area contributed by atoms with Gasteiger partial charge >= 0.3 is 5.69 Å². The summed E-state index contributed by atoms with van der Waals surface area (Å²) in [5.41, 5.74) is -0.288. The molecule has 0 aliphatic carbocycles. The molecular weight excluding hydrogens is 350 g/mol. The predicted molar refractivity (Wildman–Crippen MR) is 101 cm³/mol. The van der Waals surface area contributed by atoms with E-state index < -0.39 is 17.3 Å². The fraction of sp³-hybridized carbons (Fsp3) is 0.667. The van der Waals surface area contributed by atoms with E-state index in [1.165, 1.54) is 18.5 Å². The fourth-order valence-electron chi connectivity index (χ4n) is 3.78. The number of aromatic nitrogens is 4. The molecule has 0 amide bonds. The maximum atomic E-state index is 12.8. The van der Waals surface area contributed by atoms with Gasteiger partial charge in [0.15, 0.2) is 16.9 Å². The lowest BCUT2D eigenvalue weighted by atomic mass is 10.2. The number of morpholine rings is 1. The van der Waals surface area contributed by atoms with Crippen molar-refractivity contribution in [2.75, 3.05) is 13.1 Å². The average Bonchev–Trinajstić information content (AvgIpc) is 2.95. The van der Waals surface area contributed by atoms with Crippen LogP contribution in [0.4, 0.5) is 0 Å². The highest BCUT2D eigenvalue weighted by atomic mass is 16.5. The van der Waals surface area contributed by atoms with Gasteiger partial charge in [0.1, 0.15) is 5.82 Å². The minimum Gasteiger partial charge on any atom is -0.373 e. The zero-order valence-corrected chi connectivity index (χ0v) is 16.7. The zero-order chi connectivity index (χ0) is 20.0. The highest BCUT2D eigenvalue weighted by molar-refractivity contribution is 5.82. The van der Waals surface area contributed by atoms with Crippen LogP contribution < -0.4 is 11.2 Å². The van der Waals surface area contributed by atoms with E-state index in [1.807, 2.05) is 13.8 Å². The topological polar surface area (TPSA) is 91.4 Å². The molecule has 9 nitrogen and oxygen atoms in total. The molecule has 2 aromatic heterocycles. The Hall–Kier alpha value is -2.26. The average molecular weight is 377 g/mol. The van der Waals surface area contributed by atoms with E-state index in [4.69, 9.17) is 4.74 Å². The molecule has 3 atom stereocenters. The molecule has 2 aromatic rings. The predicted octanol–water partition coefficient (Wildman–Crippen LogP) is 0.193. The van der Waals surface area contributed by atoms with Crippen LogP contribution >= 0.6 is 0 Å². The standard InChI is InChI=1S/C18H27N5O4/c1-10-7-22(8-11(2)27-10)9-14-19-16-15(23(14)12(3)13(4)24)17(25)21(6)18(26)20(16)5/h10-12H,7-9H2,1-6H3/t10-,11-,12-/m1/s1. The maximum Gasteiger partial charge on any atom is 0.332 e. The number of Topliss-reactive ketones (excluding diaryl/α,β-unsaturated/α-hetero) is 1. The van der Waals surface area contributed by atoms with Crippen molar-refractivity contribution in [2.24, 2.45) is 14.1 Å². The Kier molecular flexibility index (Phi) is 5.09. The summed E-state index contributed by atoms with van der Waals surface area (Å²) < 4.78 is 9.87. The molecule has 27 heavy (non-hydrogen) atoms. The number of fused-ring (bicyclic) bond motifs is 1. The SMILES string of the molecule is CC(=O)[C@@H](C)n1c(CN2C[C@@H](C)O[C@H](C)C2)nc2c1c(=O)n(C)c(=O)n2C. The van der Waals surface area contributed by atoms with Gasteiger partial charge in [0.05, 0.1) is 24.8 Å². The lowest BCUT2D eigenvalue weighted by Gasteiger charge is -2.35. The lowest BCUT2D eigenvalue weighted by Crippen LogP contribution is -2.45. The Balaban J connectivity index is 2.20. The van der Waals surface area contributed by atoms with Gasteiger partial charge in [-0.25, -0.2) is 9.78 Å².